The van der Waals surface area contributed by atoms with E-state index in [1.807, 2.05) is 0 Å². The summed E-state index contributed by atoms with van der Waals surface area (Å²) in [7, 11) is -3.12. The fourth-order valence-electron chi connectivity index (χ4n) is 13.2. The molecule has 0 amide bonds. The lowest BCUT2D eigenvalue weighted by Crippen LogP contribution is -2.74. The molecule has 0 saturated carbocycles. The first-order chi connectivity index (χ1) is 40.2. The van der Waals surface area contributed by atoms with Crippen molar-refractivity contribution in [3.63, 3.8) is 0 Å². The van der Waals surface area contributed by atoms with Gasteiger partial charge < -0.3 is 9.13 Å². The third-order valence-electron chi connectivity index (χ3n) is 16.7. The quantitative estimate of drug-likeness (QED) is 0.0902. The van der Waals surface area contributed by atoms with Crippen LogP contribution in [0.15, 0.2) is 328 Å². The van der Waals surface area contributed by atoms with Crippen molar-refractivity contribution in [3.05, 3.63) is 328 Å². The van der Waals surface area contributed by atoms with Gasteiger partial charge in [-0.25, -0.2) is 0 Å². The largest absolute Gasteiger partial charge is 0.309 e. The van der Waals surface area contributed by atoms with Gasteiger partial charge in [0.1, 0.15) is 0 Å². The van der Waals surface area contributed by atoms with Gasteiger partial charge in [0.25, 0.3) is 0 Å². The molecule has 2 nitrogen and oxygen atoms in total. The summed E-state index contributed by atoms with van der Waals surface area (Å²) >= 11 is 0. The highest BCUT2D eigenvalue weighted by atomic mass is 28.3. The van der Waals surface area contributed by atoms with E-state index in [1.54, 1.807) is 0 Å². The lowest BCUT2D eigenvalue weighted by atomic mass is 9.92. The van der Waals surface area contributed by atoms with E-state index in [0.29, 0.717) is 0 Å². The van der Waals surface area contributed by atoms with Gasteiger partial charge in [-0.05, 0) is 108 Å². The molecule has 15 aromatic rings. The minimum absolute atomic E-state index is 1.14. The highest BCUT2D eigenvalue weighted by molar-refractivity contribution is 7.20. The molecule has 0 fully saturated rings. The number of nitrogens with zero attached hydrogens (tertiary/aromatic N) is 2. The summed E-state index contributed by atoms with van der Waals surface area (Å²) in [6, 6.07) is 122. The first kappa shape index (κ1) is 47.9. The number of hydrogen-bond donors (Lipinski definition) is 0. The molecule has 2 heterocycles. The molecular weight excluding hydrogens is 993 g/mol. The topological polar surface area (TPSA) is 9.86 Å². The molecule has 0 atom stereocenters. The summed E-state index contributed by atoms with van der Waals surface area (Å²) < 4.78 is 5.13. The molecule has 3 heteroatoms. The molecule has 0 aliphatic rings. The number of fused-ring (bicyclic) bond motifs is 6. The van der Waals surface area contributed by atoms with E-state index in [0.717, 1.165) is 44.7 Å². The van der Waals surface area contributed by atoms with Crippen LogP contribution in [0.2, 0.25) is 0 Å². The number of benzene rings is 13. The highest BCUT2D eigenvalue weighted by Gasteiger charge is 2.43. The Labute approximate surface area is 473 Å². The Hall–Kier alpha value is -10.3. The molecule has 0 N–H and O–H groups in total. The van der Waals surface area contributed by atoms with E-state index in [9.17, 15) is 0 Å². The molecular formula is C78H54N2Si. The van der Waals surface area contributed by atoms with Crippen molar-refractivity contribution < 1.29 is 0 Å². The van der Waals surface area contributed by atoms with E-state index in [2.05, 4.69) is 337 Å². The smallest absolute Gasteiger partial charge is 0.180 e. The number of aromatic nitrogens is 2. The average molecular weight is 1050 g/mol. The van der Waals surface area contributed by atoms with Crippen LogP contribution in [0.5, 0.6) is 0 Å². The SMILES string of the molecule is c1ccc(-c2cccc(-c3cccc(-c4cccc(-c5ccccc5)c4)c3-n3c4ccccc4c4c(-n5c6ccccc6c6c([Si](c7ccccc7)(c7ccccc7)c7cccc(-c8ccccc8)c7)cccc65)cccc43)c2)cc1. The van der Waals surface area contributed by atoms with Gasteiger partial charge in [0, 0.05) is 32.7 Å². The Balaban J connectivity index is 1.03. The summed E-state index contributed by atoms with van der Waals surface area (Å²) in [5.41, 5.74) is 18.7. The van der Waals surface area contributed by atoms with Crippen LogP contribution < -0.4 is 20.7 Å². The molecule has 0 aliphatic heterocycles. The zero-order valence-corrected chi connectivity index (χ0v) is 45.6. The Morgan fingerprint density at radius 2 is 0.580 bits per heavy atom. The summed E-state index contributed by atoms with van der Waals surface area (Å²) in [6.07, 6.45) is 0. The minimum atomic E-state index is -3.12. The Morgan fingerprint density at radius 3 is 1.12 bits per heavy atom. The van der Waals surface area contributed by atoms with Crippen molar-refractivity contribution in [2.45, 2.75) is 0 Å². The van der Waals surface area contributed by atoms with Crippen LogP contribution in [0.25, 0.3) is 111 Å². The molecule has 380 valence electrons. The van der Waals surface area contributed by atoms with E-state index in [1.165, 1.54) is 86.7 Å². The number of para-hydroxylation sites is 3. The van der Waals surface area contributed by atoms with Crippen molar-refractivity contribution in [3.8, 4) is 67.0 Å². The van der Waals surface area contributed by atoms with Crippen LogP contribution in [0, 0.1) is 0 Å². The van der Waals surface area contributed by atoms with Crippen LogP contribution in [-0.4, -0.2) is 17.2 Å². The first-order valence-corrected chi connectivity index (χ1v) is 30.0. The predicted molar refractivity (Wildman–Crippen MR) is 346 cm³/mol. The van der Waals surface area contributed by atoms with Gasteiger partial charge in [-0.15, -0.1) is 0 Å². The van der Waals surface area contributed by atoms with Crippen molar-refractivity contribution in [2.75, 3.05) is 0 Å². The third kappa shape index (κ3) is 8.00. The van der Waals surface area contributed by atoms with Crippen molar-refractivity contribution in [2.24, 2.45) is 0 Å². The highest BCUT2D eigenvalue weighted by Crippen LogP contribution is 2.45. The Morgan fingerprint density at radius 1 is 0.222 bits per heavy atom. The second kappa shape index (κ2) is 20.2. The molecule has 0 radical (unpaired) electrons. The van der Waals surface area contributed by atoms with Crippen LogP contribution in [-0.2, 0) is 0 Å². The summed E-state index contributed by atoms with van der Waals surface area (Å²) in [5.74, 6) is 0. The van der Waals surface area contributed by atoms with Gasteiger partial charge in [0.15, 0.2) is 8.07 Å². The maximum atomic E-state index is 2.57. The average Bonchev–Trinajstić information content (AvgIpc) is 4.31. The third-order valence-corrected chi connectivity index (χ3v) is 21.5. The molecule has 0 unspecified atom stereocenters. The van der Waals surface area contributed by atoms with Crippen LogP contribution in [0.4, 0.5) is 0 Å². The molecule has 0 spiro atoms. The summed E-state index contributed by atoms with van der Waals surface area (Å²) in [6.45, 7) is 0. The second-order valence-electron chi connectivity index (χ2n) is 21.1. The minimum Gasteiger partial charge on any atom is -0.309 e. The molecule has 81 heavy (non-hydrogen) atoms. The van der Waals surface area contributed by atoms with Gasteiger partial charge in [-0.2, -0.15) is 0 Å². The molecule has 0 aliphatic carbocycles. The van der Waals surface area contributed by atoms with Gasteiger partial charge in [0.05, 0.1) is 33.4 Å². The standard InChI is InChI=1S/C78H54N2Si/c1-6-26-55(27-7-1)58-32-20-35-61(52-58)66-44-23-45-67(62-36-21-33-59(53-62)56-28-8-2-9-29-56)78(66)80-71-47-19-16-42-68(71)76-72(48-24-49-73(76)80)79-70-46-18-17-43-69(70)77-74(79)50-25-51-75(77)81(63-37-12-4-13-38-63,64-39-14-5-15-40-64)65-41-22-34-60(54-65)57-30-10-3-11-31-57/h1-54H. The van der Waals surface area contributed by atoms with E-state index in [4.69, 9.17) is 0 Å². The number of hydrogen-bond acceptors (Lipinski definition) is 0. The normalized spacial score (nSPS) is 11.7. The first-order valence-electron chi connectivity index (χ1n) is 28.0. The van der Waals surface area contributed by atoms with E-state index >= 15 is 0 Å². The fourth-order valence-corrected chi connectivity index (χ4v) is 18.2. The zero-order chi connectivity index (χ0) is 53.7. The number of rotatable bonds is 11. The maximum absolute atomic E-state index is 3.12. The van der Waals surface area contributed by atoms with Gasteiger partial charge in [-0.1, -0.05) is 285 Å². The predicted octanol–water partition coefficient (Wildman–Crippen LogP) is 17.6. The maximum Gasteiger partial charge on any atom is 0.180 e. The molecule has 15 rings (SSSR count). The fraction of sp³-hybridized carbons (Fsp3) is 0. The van der Waals surface area contributed by atoms with E-state index in [-0.39, 0.29) is 0 Å². The van der Waals surface area contributed by atoms with Gasteiger partial charge >= 0.3 is 0 Å². The lowest BCUT2D eigenvalue weighted by Gasteiger charge is -2.35. The Kier molecular flexibility index (Phi) is 11.9. The molecule has 0 bridgehead atoms. The summed E-state index contributed by atoms with van der Waals surface area (Å²) in [5, 5.41) is 10.3. The van der Waals surface area contributed by atoms with Crippen LogP contribution in [0.1, 0.15) is 0 Å². The van der Waals surface area contributed by atoms with Gasteiger partial charge in [0.2, 0.25) is 0 Å². The second-order valence-corrected chi connectivity index (χ2v) is 24.9. The molecule has 2 aromatic heterocycles. The summed E-state index contributed by atoms with van der Waals surface area (Å²) in [4.78, 5) is 0. The Bertz CT molecular complexity index is 4650. The van der Waals surface area contributed by atoms with Crippen molar-refractivity contribution in [1.29, 1.82) is 0 Å². The monoisotopic (exact) mass is 1050 g/mol. The van der Waals surface area contributed by atoms with E-state index < -0.39 is 8.07 Å². The van der Waals surface area contributed by atoms with Gasteiger partial charge in [-0.3, -0.25) is 0 Å². The van der Waals surface area contributed by atoms with Crippen molar-refractivity contribution in [1.82, 2.24) is 9.13 Å². The zero-order valence-electron chi connectivity index (χ0n) is 44.6. The molecule has 0 saturated heterocycles. The lowest BCUT2D eigenvalue weighted by molar-refractivity contribution is 1.17. The van der Waals surface area contributed by atoms with Crippen molar-refractivity contribution >= 4 is 72.4 Å². The van der Waals surface area contributed by atoms with Crippen LogP contribution >= 0.6 is 0 Å². The molecule has 13 aromatic carbocycles. The van der Waals surface area contributed by atoms with Crippen LogP contribution in [0.3, 0.4) is 0 Å².